The van der Waals surface area contributed by atoms with Gasteiger partial charge in [-0.2, -0.15) is 0 Å². The predicted octanol–water partition coefficient (Wildman–Crippen LogP) is 5.25. The standard InChI is InChI=1S/C25H19ClN2O5S/c1-13(2)14-3-6-16(7-4-14)28-23(30)19(22(29)27-25(28)34)12-17-8-10-21(33-17)15-5-9-18(24(31)32)20(26)11-15/h3-13H,1-2H3,(H,31,32)(H,27,29,34)/b19-12+. The van der Waals surface area contributed by atoms with Crippen LogP contribution in [0.2, 0.25) is 5.02 Å². The fourth-order valence-corrected chi connectivity index (χ4v) is 4.01. The van der Waals surface area contributed by atoms with Crippen LogP contribution in [-0.4, -0.2) is 28.0 Å². The molecule has 1 aliphatic heterocycles. The molecular formula is C25H19ClN2O5S. The molecule has 0 bridgehead atoms. The van der Waals surface area contributed by atoms with Crippen molar-refractivity contribution in [2.24, 2.45) is 0 Å². The highest BCUT2D eigenvalue weighted by atomic mass is 35.5. The third-order valence-corrected chi connectivity index (χ3v) is 5.91. The number of carboxylic acid groups (broad SMARTS) is 1. The van der Waals surface area contributed by atoms with Crippen LogP contribution in [0, 0.1) is 0 Å². The van der Waals surface area contributed by atoms with Crippen molar-refractivity contribution in [2.45, 2.75) is 19.8 Å². The van der Waals surface area contributed by atoms with E-state index in [0.717, 1.165) is 5.56 Å². The number of carbonyl (C=O) groups excluding carboxylic acids is 2. The molecule has 2 aromatic carbocycles. The number of thiocarbonyl (C=S) groups is 1. The molecule has 2 heterocycles. The van der Waals surface area contributed by atoms with E-state index in [9.17, 15) is 14.4 Å². The summed E-state index contributed by atoms with van der Waals surface area (Å²) < 4.78 is 5.77. The smallest absolute Gasteiger partial charge is 0.337 e. The molecule has 0 atom stereocenters. The first-order valence-electron chi connectivity index (χ1n) is 10.3. The molecule has 0 spiro atoms. The van der Waals surface area contributed by atoms with Gasteiger partial charge in [-0.05, 0) is 66.2 Å². The van der Waals surface area contributed by atoms with Crippen LogP contribution in [0.15, 0.2) is 64.6 Å². The van der Waals surface area contributed by atoms with Crippen LogP contribution >= 0.6 is 23.8 Å². The maximum atomic E-state index is 13.2. The lowest BCUT2D eigenvalue weighted by Gasteiger charge is -2.29. The summed E-state index contributed by atoms with van der Waals surface area (Å²) in [4.78, 5) is 38.1. The summed E-state index contributed by atoms with van der Waals surface area (Å²) >= 11 is 11.3. The van der Waals surface area contributed by atoms with Crippen LogP contribution in [-0.2, 0) is 9.59 Å². The van der Waals surface area contributed by atoms with Gasteiger partial charge >= 0.3 is 5.97 Å². The van der Waals surface area contributed by atoms with Gasteiger partial charge in [0.25, 0.3) is 11.8 Å². The number of carboxylic acids is 1. The molecule has 1 saturated heterocycles. The molecule has 2 N–H and O–H groups in total. The molecule has 1 aromatic heterocycles. The van der Waals surface area contributed by atoms with E-state index < -0.39 is 17.8 Å². The second kappa shape index (κ2) is 9.24. The summed E-state index contributed by atoms with van der Waals surface area (Å²) in [6, 6.07) is 15.0. The number of rotatable bonds is 5. The summed E-state index contributed by atoms with van der Waals surface area (Å²) in [5.74, 6) is -1.35. The average Bonchev–Trinajstić information content (AvgIpc) is 3.25. The van der Waals surface area contributed by atoms with E-state index in [1.807, 2.05) is 12.1 Å². The monoisotopic (exact) mass is 494 g/mol. The van der Waals surface area contributed by atoms with Crippen LogP contribution in [0.3, 0.4) is 0 Å². The lowest BCUT2D eigenvalue weighted by atomic mass is 10.0. The van der Waals surface area contributed by atoms with Crippen molar-refractivity contribution in [1.82, 2.24) is 5.32 Å². The molecule has 172 valence electrons. The molecule has 0 saturated carbocycles. The molecule has 9 heteroatoms. The molecule has 4 rings (SSSR count). The fourth-order valence-electron chi connectivity index (χ4n) is 3.47. The number of nitrogens with one attached hydrogen (secondary N) is 1. The number of furan rings is 1. The molecule has 7 nitrogen and oxygen atoms in total. The van der Waals surface area contributed by atoms with Crippen molar-refractivity contribution < 1.29 is 23.9 Å². The maximum absolute atomic E-state index is 13.2. The Morgan fingerprint density at radius 3 is 2.44 bits per heavy atom. The number of aromatic carboxylic acids is 1. The highest BCUT2D eigenvalue weighted by Crippen LogP contribution is 2.29. The van der Waals surface area contributed by atoms with E-state index in [-0.39, 0.29) is 27.0 Å². The molecule has 0 unspecified atom stereocenters. The van der Waals surface area contributed by atoms with Crippen molar-refractivity contribution in [3.8, 4) is 11.3 Å². The molecule has 1 fully saturated rings. The Labute approximate surface area is 205 Å². The minimum atomic E-state index is -1.13. The highest BCUT2D eigenvalue weighted by molar-refractivity contribution is 7.80. The molecule has 1 aliphatic rings. The van der Waals surface area contributed by atoms with Gasteiger partial charge in [0.05, 0.1) is 16.3 Å². The van der Waals surface area contributed by atoms with E-state index in [4.69, 9.17) is 33.3 Å². The van der Waals surface area contributed by atoms with Crippen LogP contribution in [0.25, 0.3) is 17.4 Å². The Kier molecular flexibility index (Phi) is 6.37. The van der Waals surface area contributed by atoms with Crippen molar-refractivity contribution in [3.05, 3.63) is 82.1 Å². The van der Waals surface area contributed by atoms with Crippen molar-refractivity contribution >= 4 is 58.5 Å². The van der Waals surface area contributed by atoms with Gasteiger partial charge in [0, 0.05) is 5.56 Å². The highest BCUT2D eigenvalue weighted by Gasteiger charge is 2.34. The summed E-state index contributed by atoms with van der Waals surface area (Å²) in [5, 5.41) is 11.7. The van der Waals surface area contributed by atoms with E-state index >= 15 is 0 Å². The number of carbonyl (C=O) groups is 3. The van der Waals surface area contributed by atoms with Gasteiger partial charge in [-0.25, -0.2) is 4.79 Å². The SMILES string of the molecule is CC(C)c1ccc(N2C(=O)/C(=C/c3ccc(-c4ccc(C(=O)O)c(Cl)c4)o3)C(=O)NC2=S)cc1. The summed E-state index contributed by atoms with van der Waals surface area (Å²) in [6.07, 6.45) is 1.34. The van der Waals surface area contributed by atoms with E-state index in [1.165, 1.54) is 23.1 Å². The van der Waals surface area contributed by atoms with Gasteiger partial charge in [-0.1, -0.05) is 43.6 Å². The second-order valence-electron chi connectivity index (χ2n) is 7.91. The largest absolute Gasteiger partial charge is 0.478 e. The topological polar surface area (TPSA) is 99.8 Å². The molecule has 3 aromatic rings. The number of amides is 2. The zero-order valence-electron chi connectivity index (χ0n) is 18.2. The number of benzene rings is 2. The first-order valence-corrected chi connectivity index (χ1v) is 11.1. The van der Waals surface area contributed by atoms with Crippen LogP contribution in [0.4, 0.5) is 5.69 Å². The van der Waals surface area contributed by atoms with Crippen LogP contribution < -0.4 is 10.2 Å². The van der Waals surface area contributed by atoms with Crippen molar-refractivity contribution in [2.75, 3.05) is 4.90 Å². The predicted molar refractivity (Wildman–Crippen MR) is 133 cm³/mol. The Morgan fingerprint density at radius 1 is 1.12 bits per heavy atom. The minimum Gasteiger partial charge on any atom is -0.478 e. The van der Waals surface area contributed by atoms with Crippen molar-refractivity contribution in [3.63, 3.8) is 0 Å². The average molecular weight is 495 g/mol. The molecular weight excluding hydrogens is 476 g/mol. The maximum Gasteiger partial charge on any atom is 0.337 e. The number of hydrogen-bond donors (Lipinski definition) is 2. The van der Waals surface area contributed by atoms with Gasteiger partial charge in [-0.3, -0.25) is 19.8 Å². The molecule has 0 aliphatic carbocycles. The van der Waals surface area contributed by atoms with E-state index in [0.29, 0.717) is 22.9 Å². The van der Waals surface area contributed by atoms with Gasteiger partial charge in [0.1, 0.15) is 17.1 Å². The number of anilines is 1. The first kappa shape index (κ1) is 23.4. The lowest BCUT2D eigenvalue weighted by molar-refractivity contribution is -0.122. The summed E-state index contributed by atoms with van der Waals surface area (Å²) in [6.45, 7) is 4.14. The summed E-state index contributed by atoms with van der Waals surface area (Å²) in [7, 11) is 0. The third-order valence-electron chi connectivity index (χ3n) is 5.32. The van der Waals surface area contributed by atoms with E-state index in [1.54, 1.807) is 30.3 Å². The zero-order chi connectivity index (χ0) is 24.6. The quantitative estimate of drug-likeness (QED) is 0.285. The number of hydrogen-bond acceptors (Lipinski definition) is 5. The fraction of sp³-hybridized carbons (Fsp3) is 0.120. The van der Waals surface area contributed by atoms with Crippen LogP contribution in [0.1, 0.15) is 41.4 Å². The Morgan fingerprint density at radius 2 is 1.82 bits per heavy atom. The van der Waals surface area contributed by atoms with Crippen molar-refractivity contribution in [1.29, 1.82) is 0 Å². The summed E-state index contributed by atoms with van der Waals surface area (Å²) in [5.41, 5.74) is 2.03. The Bertz CT molecular complexity index is 1360. The molecule has 0 radical (unpaired) electrons. The molecule has 34 heavy (non-hydrogen) atoms. The van der Waals surface area contributed by atoms with Gasteiger partial charge in [-0.15, -0.1) is 0 Å². The molecule has 2 amide bonds. The van der Waals surface area contributed by atoms with Crippen LogP contribution in [0.5, 0.6) is 0 Å². The zero-order valence-corrected chi connectivity index (χ0v) is 19.7. The van der Waals surface area contributed by atoms with Gasteiger partial charge in [0.2, 0.25) is 0 Å². The van der Waals surface area contributed by atoms with Gasteiger partial charge < -0.3 is 9.52 Å². The second-order valence-corrected chi connectivity index (χ2v) is 8.70. The van der Waals surface area contributed by atoms with E-state index in [2.05, 4.69) is 19.2 Å². The normalized spacial score (nSPS) is 15.2. The Hall–Kier alpha value is -3.75. The Balaban J connectivity index is 1.63. The number of halogens is 1. The first-order chi connectivity index (χ1) is 16.2. The minimum absolute atomic E-state index is 0.00209. The lowest BCUT2D eigenvalue weighted by Crippen LogP contribution is -2.54. The van der Waals surface area contributed by atoms with Gasteiger partial charge in [0.15, 0.2) is 5.11 Å². The third kappa shape index (κ3) is 4.50. The number of nitrogens with zero attached hydrogens (tertiary/aromatic N) is 1.